The summed E-state index contributed by atoms with van der Waals surface area (Å²) in [6.45, 7) is 0.954. The molecule has 0 amide bonds. The lowest BCUT2D eigenvalue weighted by Crippen LogP contribution is -2.10. The Morgan fingerprint density at radius 1 is 1.38 bits per heavy atom. The number of anilines is 1. The molecule has 0 atom stereocenters. The van der Waals surface area contributed by atoms with Gasteiger partial charge in [0.05, 0.1) is 11.0 Å². The monoisotopic (exact) mass is 218 g/mol. The SMILES string of the molecule is CNc1nc2ccc(CN(C)C)cc2n1C. The van der Waals surface area contributed by atoms with Gasteiger partial charge >= 0.3 is 0 Å². The largest absolute Gasteiger partial charge is 0.359 e. The number of imidazole rings is 1. The van der Waals surface area contributed by atoms with E-state index in [1.807, 2.05) is 14.1 Å². The number of aromatic nitrogens is 2. The Morgan fingerprint density at radius 2 is 2.12 bits per heavy atom. The van der Waals surface area contributed by atoms with E-state index in [4.69, 9.17) is 0 Å². The van der Waals surface area contributed by atoms with E-state index in [0.29, 0.717) is 0 Å². The highest BCUT2D eigenvalue weighted by Crippen LogP contribution is 2.19. The molecule has 0 radical (unpaired) electrons. The molecule has 4 heteroatoms. The summed E-state index contributed by atoms with van der Waals surface area (Å²) < 4.78 is 2.08. The first kappa shape index (κ1) is 11.0. The van der Waals surface area contributed by atoms with Gasteiger partial charge in [-0.15, -0.1) is 0 Å². The molecule has 0 saturated carbocycles. The van der Waals surface area contributed by atoms with Crippen molar-refractivity contribution in [2.24, 2.45) is 7.05 Å². The molecular formula is C12H18N4. The number of rotatable bonds is 3. The van der Waals surface area contributed by atoms with Crippen molar-refractivity contribution in [2.45, 2.75) is 6.54 Å². The quantitative estimate of drug-likeness (QED) is 0.851. The normalized spacial score (nSPS) is 11.3. The molecule has 0 bridgehead atoms. The molecule has 16 heavy (non-hydrogen) atoms. The van der Waals surface area contributed by atoms with Gasteiger partial charge in [-0.1, -0.05) is 6.07 Å². The zero-order chi connectivity index (χ0) is 11.7. The van der Waals surface area contributed by atoms with Crippen LogP contribution in [0.1, 0.15) is 5.56 Å². The molecule has 0 aliphatic rings. The van der Waals surface area contributed by atoms with Gasteiger partial charge in [0.15, 0.2) is 0 Å². The van der Waals surface area contributed by atoms with E-state index in [1.165, 1.54) is 11.1 Å². The van der Waals surface area contributed by atoms with Crippen LogP contribution in [0, 0.1) is 0 Å². The molecule has 0 fully saturated rings. The van der Waals surface area contributed by atoms with Gasteiger partial charge < -0.3 is 14.8 Å². The van der Waals surface area contributed by atoms with Crippen LogP contribution >= 0.6 is 0 Å². The van der Waals surface area contributed by atoms with Gasteiger partial charge in [0.25, 0.3) is 0 Å². The first-order valence-electron chi connectivity index (χ1n) is 5.39. The minimum Gasteiger partial charge on any atom is -0.359 e. The third kappa shape index (κ3) is 1.88. The summed E-state index contributed by atoms with van der Waals surface area (Å²) in [5.41, 5.74) is 3.52. The van der Waals surface area contributed by atoms with Crippen LogP contribution < -0.4 is 5.32 Å². The van der Waals surface area contributed by atoms with Crippen LogP contribution in [-0.4, -0.2) is 35.6 Å². The van der Waals surface area contributed by atoms with Gasteiger partial charge in [0, 0.05) is 20.6 Å². The fourth-order valence-corrected chi connectivity index (χ4v) is 1.92. The lowest BCUT2D eigenvalue weighted by atomic mass is 10.2. The van der Waals surface area contributed by atoms with Crippen molar-refractivity contribution in [2.75, 3.05) is 26.5 Å². The molecule has 0 saturated heterocycles. The van der Waals surface area contributed by atoms with Crippen molar-refractivity contribution in [1.29, 1.82) is 0 Å². The average Bonchev–Trinajstić information content (AvgIpc) is 2.55. The Morgan fingerprint density at radius 3 is 2.75 bits per heavy atom. The minimum atomic E-state index is 0.900. The zero-order valence-electron chi connectivity index (χ0n) is 10.3. The van der Waals surface area contributed by atoms with Crippen LogP contribution in [-0.2, 0) is 13.6 Å². The van der Waals surface area contributed by atoms with Crippen molar-refractivity contribution in [3.8, 4) is 0 Å². The molecule has 0 spiro atoms. The second-order valence-corrected chi connectivity index (χ2v) is 4.31. The summed E-state index contributed by atoms with van der Waals surface area (Å²) in [5, 5.41) is 3.09. The molecule has 1 aromatic heterocycles. The Hall–Kier alpha value is -1.55. The zero-order valence-corrected chi connectivity index (χ0v) is 10.3. The van der Waals surface area contributed by atoms with Crippen molar-refractivity contribution in [3.05, 3.63) is 23.8 Å². The number of nitrogens with zero attached hydrogens (tertiary/aromatic N) is 3. The standard InChI is InChI=1S/C12H18N4/c1-13-12-14-10-6-5-9(8-15(2)3)7-11(10)16(12)4/h5-7H,8H2,1-4H3,(H,13,14). The highest BCUT2D eigenvalue weighted by molar-refractivity contribution is 5.79. The lowest BCUT2D eigenvalue weighted by molar-refractivity contribution is 0.402. The molecule has 0 unspecified atom stereocenters. The maximum absolute atomic E-state index is 4.49. The topological polar surface area (TPSA) is 33.1 Å². The molecule has 4 nitrogen and oxygen atoms in total. The first-order chi connectivity index (χ1) is 7.61. The molecule has 86 valence electrons. The van der Waals surface area contributed by atoms with E-state index < -0.39 is 0 Å². The summed E-state index contributed by atoms with van der Waals surface area (Å²) in [6, 6.07) is 6.41. The average molecular weight is 218 g/mol. The summed E-state index contributed by atoms with van der Waals surface area (Å²) in [4.78, 5) is 6.65. The van der Waals surface area contributed by atoms with Crippen LogP contribution in [0.4, 0.5) is 5.95 Å². The van der Waals surface area contributed by atoms with Crippen LogP contribution in [0.3, 0.4) is 0 Å². The molecule has 1 N–H and O–H groups in total. The first-order valence-corrected chi connectivity index (χ1v) is 5.39. The predicted octanol–water partition coefficient (Wildman–Crippen LogP) is 1.68. The van der Waals surface area contributed by atoms with Crippen molar-refractivity contribution in [1.82, 2.24) is 14.5 Å². The van der Waals surface area contributed by atoms with E-state index in [1.54, 1.807) is 0 Å². The molecule has 0 aliphatic heterocycles. The van der Waals surface area contributed by atoms with Gasteiger partial charge in [-0.2, -0.15) is 0 Å². The Bertz CT molecular complexity index is 499. The molecule has 1 aromatic carbocycles. The number of aryl methyl sites for hydroxylation is 1. The Balaban J connectivity index is 2.48. The lowest BCUT2D eigenvalue weighted by Gasteiger charge is -2.09. The highest BCUT2D eigenvalue weighted by Gasteiger charge is 2.06. The van der Waals surface area contributed by atoms with E-state index in [9.17, 15) is 0 Å². The molecule has 0 aliphatic carbocycles. The number of benzene rings is 1. The van der Waals surface area contributed by atoms with Gasteiger partial charge in [0.2, 0.25) is 5.95 Å². The summed E-state index contributed by atoms with van der Waals surface area (Å²) in [7, 11) is 8.07. The second kappa shape index (κ2) is 4.14. The highest BCUT2D eigenvalue weighted by atomic mass is 15.2. The van der Waals surface area contributed by atoms with Gasteiger partial charge in [0.1, 0.15) is 0 Å². The Kier molecular flexibility index (Phi) is 2.83. The summed E-state index contributed by atoms with van der Waals surface area (Å²) in [5.74, 6) is 0.900. The van der Waals surface area contributed by atoms with Crippen molar-refractivity contribution in [3.63, 3.8) is 0 Å². The molecule has 1 heterocycles. The van der Waals surface area contributed by atoms with Crippen molar-refractivity contribution >= 4 is 17.0 Å². The number of nitrogens with one attached hydrogen (secondary N) is 1. The molecule has 2 aromatic rings. The number of hydrogen-bond acceptors (Lipinski definition) is 3. The summed E-state index contributed by atoms with van der Waals surface area (Å²) in [6.07, 6.45) is 0. The predicted molar refractivity (Wildman–Crippen MR) is 67.7 cm³/mol. The van der Waals surface area contributed by atoms with Crippen LogP contribution in [0.25, 0.3) is 11.0 Å². The van der Waals surface area contributed by atoms with Gasteiger partial charge in [-0.25, -0.2) is 4.98 Å². The second-order valence-electron chi connectivity index (χ2n) is 4.31. The molecular weight excluding hydrogens is 200 g/mol. The van der Waals surface area contributed by atoms with E-state index >= 15 is 0 Å². The van der Waals surface area contributed by atoms with Crippen molar-refractivity contribution < 1.29 is 0 Å². The maximum atomic E-state index is 4.49. The van der Waals surface area contributed by atoms with E-state index in [0.717, 1.165) is 18.0 Å². The van der Waals surface area contributed by atoms with Gasteiger partial charge in [-0.05, 0) is 31.8 Å². The summed E-state index contributed by atoms with van der Waals surface area (Å²) >= 11 is 0. The third-order valence-electron chi connectivity index (χ3n) is 2.67. The third-order valence-corrected chi connectivity index (χ3v) is 2.67. The van der Waals surface area contributed by atoms with E-state index in [2.05, 4.69) is 52.1 Å². The van der Waals surface area contributed by atoms with Crippen LogP contribution in [0.2, 0.25) is 0 Å². The smallest absolute Gasteiger partial charge is 0.203 e. The van der Waals surface area contributed by atoms with Crippen LogP contribution in [0.15, 0.2) is 18.2 Å². The number of hydrogen-bond donors (Lipinski definition) is 1. The van der Waals surface area contributed by atoms with Gasteiger partial charge in [-0.3, -0.25) is 0 Å². The fourth-order valence-electron chi connectivity index (χ4n) is 1.92. The Labute approximate surface area is 95.9 Å². The number of fused-ring (bicyclic) bond motifs is 1. The van der Waals surface area contributed by atoms with Crippen LogP contribution in [0.5, 0.6) is 0 Å². The molecule has 2 rings (SSSR count). The van der Waals surface area contributed by atoms with E-state index in [-0.39, 0.29) is 0 Å². The maximum Gasteiger partial charge on any atom is 0.203 e. The minimum absolute atomic E-state index is 0.900. The fraction of sp³-hybridized carbons (Fsp3) is 0.417.